The lowest BCUT2D eigenvalue weighted by atomic mass is 9.99. The predicted octanol–water partition coefficient (Wildman–Crippen LogP) is 3.96. The van der Waals surface area contributed by atoms with Gasteiger partial charge in [0.2, 0.25) is 5.91 Å². The van der Waals surface area contributed by atoms with Gasteiger partial charge in [0.05, 0.1) is 6.42 Å². The molecule has 2 aliphatic heterocycles. The lowest BCUT2D eigenvalue weighted by Crippen LogP contribution is -2.27. The third-order valence-corrected chi connectivity index (χ3v) is 5.59. The summed E-state index contributed by atoms with van der Waals surface area (Å²) in [7, 11) is 0. The van der Waals surface area contributed by atoms with Crippen LogP contribution in [0.4, 0.5) is 5.69 Å². The summed E-state index contributed by atoms with van der Waals surface area (Å²) in [5.41, 5.74) is 5.37. The largest absolute Gasteiger partial charge is 0.371 e. The molecule has 0 saturated heterocycles. The summed E-state index contributed by atoms with van der Waals surface area (Å²) in [5, 5.41) is 0. The van der Waals surface area contributed by atoms with E-state index in [4.69, 9.17) is 0 Å². The molecule has 3 heterocycles. The van der Waals surface area contributed by atoms with Crippen molar-refractivity contribution in [2.75, 3.05) is 18.0 Å². The number of hydrogen-bond acceptors (Lipinski definition) is 3. The molecule has 150 valence electrons. The van der Waals surface area contributed by atoms with Crippen LogP contribution in [0.5, 0.6) is 0 Å². The van der Waals surface area contributed by atoms with Gasteiger partial charge >= 0.3 is 0 Å². The molecule has 2 aromatic rings. The van der Waals surface area contributed by atoms with Crippen molar-refractivity contribution in [3.8, 4) is 11.1 Å². The van der Waals surface area contributed by atoms with Crippen LogP contribution in [0.15, 0.2) is 53.6 Å². The summed E-state index contributed by atoms with van der Waals surface area (Å²) in [6.07, 6.45) is 9.48. The Balaban J connectivity index is 1.71. The van der Waals surface area contributed by atoms with Crippen molar-refractivity contribution >= 4 is 17.2 Å². The maximum absolute atomic E-state index is 12.6. The first-order valence-electron chi connectivity index (χ1n) is 10.3. The Hall–Kier alpha value is -3.08. The van der Waals surface area contributed by atoms with Crippen molar-refractivity contribution < 1.29 is 4.79 Å². The number of aromatic amines is 1. The zero-order chi connectivity index (χ0) is 20.5. The highest BCUT2D eigenvalue weighted by molar-refractivity contribution is 6.02. The standard InChI is InChI=1S/C24H27N3O2/c1-4-9-27-22-8-7-17(11-19(22)13-23(27)28)21-12-20(14-25-24(21)29)18-6-5-10-26(15-18)16(2)3/h5-8,11-12,14-16H,4,9-10,13H2,1-3H3,(H,25,29). The van der Waals surface area contributed by atoms with Crippen molar-refractivity contribution in [3.63, 3.8) is 0 Å². The number of amides is 1. The first-order valence-corrected chi connectivity index (χ1v) is 10.3. The quantitative estimate of drug-likeness (QED) is 0.842. The molecule has 1 N–H and O–H groups in total. The van der Waals surface area contributed by atoms with E-state index in [9.17, 15) is 9.59 Å². The average molecular weight is 389 g/mol. The van der Waals surface area contributed by atoms with Crippen LogP contribution in [0.25, 0.3) is 16.7 Å². The second-order valence-electron chi connectivity index (χ2n) is 7.97. The summed E-state index contributed by atoms with van der Waals surface area (Å²) >= 11 is 0. The minimum atomic E-state index is -0.121. The van der Waals surface area contributed by atoms with Crippen LogP contribution in [0.3, 0.4) is 0 Å². The normalized spacial score (nSPS) is 15.9. The molecule has 5 heteroatoms. The molecule has 0 aliphatic carbocycles. The molecular formula is C24H27N3O2. The third-order valence-electron chi connectivity index (χ3n) is 5.59. The van der Waals surface area contributed by atoms with Gasteiger partial charge in [0.25, 0.3) is 5.56 Å². The van der Waals surface area contributed by atoms with E-state index in [0.717, 1.165) is 47.5 Å². The molecule has 0 spiro atoms. The monoisotopic (exact) mass is 389 g/mol. The summed E-state index contributed by atoms with van der Waals surface area (Å²) in [6, 6.07) is 8.26. The Morgan fingerprint density at radius 3 is 2.72 bits per heavy atom. The highest BCUT2D eigenvalue weighted by Crippen LogP contribution is 2.33. The van der Waals surface area contributed by atoms with Crippen molar-refractivity contribution in [2.45, 2.75) is 39.7 Å². The maximum Gasteiger partial charge on any atom is 0.255 e. The summed E-state index contributed by atoms with van der Waals surface area (Å²) in [5.74, 6) is 0.132. The summed E-state index contributed by atoms with van der Waals surface area (Å²) < 4.78 is 0. The van der Waals surface area contributed by atoms with Crippen molar-refractivity contribution in [1.29, 1.82) is 0 Å². The fourth-order valence-corrected chi connectivity index (χ4v) is 3.99. The molecule has 1 aromatic heterocycles. The number of pyridine rings is 1. The van der Waals surface area contributed by atoms with Gasteiger partial charge in [-0.05, 0) is 55.2 Å². The van der Waals surface area contributed by atoms with E-state index in [0.29, 0.717) is 18.0 Å². The molecule has 1 amide bonds. The fourth-order valence-electron chi connectivity index (χ4n) is 3.99. The molecule has 4 rings (SSSR count). The lowest BCUT2D eigenvalue weighted by molar-refractivity contribution is -0.117. The molecule has 0 radical (unpaired) electrons. The van der Waals surface area contributed by atoms with Gasteiger partial charge in [-0.3, -0.25) is 9.59 Å². The number of benzene rings is 1. The van der Waals surface area contributed by atoms with Crippen molar-refractivity contribution in [2.24, 2.45) is 0 Å². The maximum atomic E-state index is 12.6. The zero-order valence-corrected chi connectivity index (χ0v) is 17.2. The van der Waals surface area contributed by atoms with Crippen LogP contribution in [0.1, 0.15) is 38.3 Å². The number of nitrogens with one attached hydrogen (secondary N) is 1. The van der Waals surface area contributed by atoms with Gasteiger partial charge in [-0.2, -0.15) is 0 Å². The van der Waals surface area contributed by atoms with Crippen LogP contribution in [-0.2, 0) is 11.2 Å². The molecule has 0 saturated carbocycles. The molecule has 0 fully saturated rings. The van der Waals surface area contributed by atoms with Crippen LogP contribution >= 0.6 is 0 Å². The Bertz CT molecular complexity index is 1060. The Kier molecular flexibility index (Phi) is 5.14. The zero-order valence-electron chi connectivity index (χ0n) is 17.2. The van der Waals surface area contributed by atoms with Gasteiger partial charge < -0.3 is 14.8 Å². The second kappa shape index (κ2) is 7.74. The number of fused-ring (bicyclic) bond motifs is 1. The first kappa shape index (κ1) is 19.2. The highest BCUT2D eigenvalue weighted by Gasteiger charge is 2.27. The summed E-state index contributed by atoms with van der Waals surface area (Å²) in [4.78, 5) is 31.9. The molecule has 0 bridgehead atoms. The van der Waals surface area contributed by atoms with E-state index >= 15 is 0 Å². The molecule has 2 aliphatic rings. The SMILES string of the molecule is CCCN1C(=O)Cc2cc(-c3cc(C4=CN(C(C)C)CC=C4)c[nH]c3=O)ccc21. The smallest absolute Gasteiger partial charge is 0.255 e. The number of carbonyl (C=O) groups excluding carboxylic acids is 1. The van der Waals surface area contributed by atoms with Gasteiger partial charge in [0.15, 0.2) is 0 Å². The van der Waals surface area contributed by atoms with Gasteiger partial charge in [0.1, 0.15) is 0 Å². The number of H-pyrrole nitrogens is 1. The number of hydrogen-bond donors (Lipinski definition) is 1. The lowest BCUT2D eigenvalue weighted by Gasteiger charge is -2.27. The van der Waals surface area contributed by atoms with Crippen LogP contribution in [0, 0.1) is 0 Å². The predicted molar refractivity (Wildman–Crippen MR) is 118 cm³/mol. The molecule has 1 aromatic carbocycles. The van der Waals surface area contributed by atoms with Crippen LogP contribution in [0.2, 0.25) is 0 Å². The van der Waals surface area contributed by atoms with Gasteiger partial charge in [-0.1, -0.05) is 25.1 Å². The topological polar surface area (TPSA) is 56.4 Å². The molecule has 0 atom stereocenters. The second-order valence-corrected chi connectivity index (χ2v) is 7.97. The fraction of sp³-hybridized carbons (Fsp3) is 0.333. The van der Waals surface area contributed by atoms with Gasteiger partial charge in [-0.15, -0.1) is 0 Å². The Labute approximate surface area is 171 Å². The molecule has 0 unspecified atom stereocenters. The van der Waals surface area contributed by atoms with E-state index in [2.05, 4.69) is 49.0 Å². The van der Waals surface area contributed by atoms with Crippen molar-refractivity contribution in [1.82, 2.24) is 9.88 Å². The number of aromatic nitrogens is 1. The average Bonchev–Trinajstić information content (AvgIpc) is 3.03. The van der Waals surface area contributed by atoms with E-state index < -0.39 is 0 Å². The molecule has 5 nitrogen and oxygen atoms in total. The van der Waals surface area contributed by atoms with Crippen LogP contribution in [-0.4, -0.2) is 34.9 Å². The van der Waals surface area contributed by atoms with Crippen molar-refractivity contribution in [3.05, 3.63) is 70.3 Å². The van der Waals surface area contributed by atoms with E-state index in [1.165, 1.54) is 0 Å². The summed E-state index contributed by atoms with van der Waals surface area (Å²) in [6.45, 7) is 8.02. The number of rotatable bonds is 5. The number of allylic oxidation sites excluding steroid dienone is 2. The molecule has 29 heavy (non-hydrogen) atoms. The number of anilines is 1. The van der Waals surface area contributed by atoms with Crippen LogP contribution < -0.4 is 10.5 Å². The number of carbonyl (C=O) groups is 1. The first-order chi connectivity index (χ1) is 14.0. The molecular weight excluding hydrogens is 362 g/mol. The minimum Gasteiger partial charge on any atom is -0.371 e. The van der Waals surface area contributed by atoms with Gasteiger partial charge in [-0.25, -0.2) is 0 Å². The van der Waals surface area contributed by atoms with E-state index in [1.54, 1.807) is 6.20 Å². The van der Waals surface area contributed by atoms with E-state index in [-0.39, 0.29) is 11.5 Å². The Morgan fingerprint density at radius 2 is 1.97 bits per heavy atom. The Morgan fingerprint density at radius 1 is 1.14 bits per heavy atom. The highest BCUT2D eigenvalue weighted by atomic mass is 16.2. The number of nitrogens with zero attached hydrogens (tertiary/aromatic N) is 2. The van der Waals surface area contributed by atoms with E-state index in [1.807, 2.05) is 29.2 Å². The van der Waals surface area contributed by atoms with Gasteiger partial charge in [0, 0.05) is 48.3 Å². The third kappa shape index (κ3) is 3.65. The minimum absolute atomic E-state index is 0.121.